The number of fused-ring (bicyclic) bond motifs is 1. The molecule has 0 spiro atoms. The molecule has 0 aliphatic carbocycles. The number of nitrogens with one attached hydrogen (secondary N) is 2. The molecule has 0 aliphatic rings. The highest BCUT2D eigenvalue weighted by molar-refractivity contribution is 5.89. The van der Waals surface area contributed by atoms with E-state index in [0.29, 0.717) is 12.1 Å². The molecule has 5 rings (SSSR count). The highest BCUT2D eigenvalue weighted by atomic mass is 19.1. The van der Waals surface area contributed by atoms with E-state index >= 15 is 0 Å². The van der Waals surface area contributed by atoms with Crippen LogP contribution >= 0.6 is 0 Å². The lowest BCUT2D eigenvalue weighted by molar-refractivity contribution is 0.626. The smallest absolute Gasteiger partial charge is 0.270 e. The number of halogens is 1. The molecule has 0 unspecified atom stereocenters. The number of aromatic nitrogens is 3. The van der Waals surface area contributed by atoms with Crippen molar-refractivity contribution in [3.05, 3.63) is 118 Å². The van der Waals surface area contributed by atoms with Gasteiger partial charge in [-0.2, -0.15) is 10.4 Å². The van der Waals surface area contributed by atoms with Gasteiger partial charge in [-0.1, -0.05) is 54.6 Å². The zero-order valence-electron chi connectivity index (χ0n) is 18.4. The summed E-state index contributed by atoms with van der Waals surface area (Å²) in [6, 6.07) is 25.3. The Balaban J connectivity index is 1.38. The SMILES string of the molecule is N#Cc1c(-c2ccccc2)nc(NN=Cc2ccc3ccn(Cc4ccc(F)cc4)c3c2)[nH]c1=O. The Morgan fingerprint density at radius 3 is 2.66 bits per heavy atom. The van der Waals surface area contributed by atoms with Crippen LogP contribution in [-0.2, 0) is 6.54 Å². The fraction of sp³-hybridized carbons (Fsp3) is 0.0370. The van der Waals surface area contributed by atoms with Crippen molar-refractivity contribution in [3.8, 4) is 17.3 Å². The largest absolute Gasteiger partial charge is 0.343 e. The average molecular weight is 462 g/mol. The van der Waals surface area contributed by atoms with Gasteiger partial charge in [0.25, 0.3) is 5.56 Å². The van der Waals surface area contributed by atoms with Crippen molar-refractivity contribution in [1.29, 1.82) is 5.26 Å². The Morgan fingerprint density at radius 1 is 1.09 bits per heavy atom. The van der Waals surface area contributed by atoms with Crippen molar-refractivity contribution in [2.75, 3.05) is 5.43 Å². The average Bonchev–Trinajstić information content (AvgIpc) is 3.27. The number of benzene rings is 3. The number of H-pyrrole nitrogens is 1. The number of hydrogen-bond acceptors (Lipinski definition) is 5. The molecule has 0 saturated heterocycles. The van der Waals surface area contributed by atoms with E-state index in [9.17, 15) is 14.4 Å². The van der Waals surface area contributed by atoms with E-state index in [1.54, 1.807) is 30.5 Å². The fourth-order valence-electron chi connectivity index (χ4n) is 3.81. The van der Waals surface area contributed by atoms with Gasteiger partial charge < -0.3 is 4.57 Å². The van der Waals surface area contributed by atoms with E-state index in [-0.39, 0.29) is 23.0 Å². The molecule has 7 nitrogen and oxygen atoms in total. The number of hydrazone groups is 1. The van der Waals surface area contributed by atoms with Crippen LogP contribution < -0.4 is 11.0 Å². The zero-order chi connectivity index (χ0) is 24.2. The van der Waals surface area contributed by atoms with Crippen molar-refractivity contribution in [3.63, 3.8) is 0 Å². The second-order valence-corrected chi connectivity index (χ2v) is 7.87. The summed E-state index contributed by atoms with van der Waals surface area (Å²) >= 11 is 0. The van der Waals surface area contributed by atoms with E-state index in [0.717, 1.165) is 22.0 Å². The maximum atomic E-state index is 13.2. The lowest BCUT2D eigenvalue weighted by Crippen LogP contribution is -2.16. The van der Waals surface area contributed by atoms with Crippen LogP contribution in [0.15, 0.2) is 95.0 Å². The summed E-state index contributed by atoms with van der Waals surface area (Å²) in [5, 5.41) is 14.7. The molecule has 2 N–H and O–H groups in total. The van der Waals surface area contributed by atoms with Crippen molar-refractivity contribution < 1.29 is 4.39 Å². The summed E-state index contributed by atoms with van der Waals surface area (Å²) < 4.78 is 15.3. The minimum absolute atomic E-state index is 0.0573. The molecule has 35 heavy (non-hydrogen) atoms. The Labute approximate surface area is 199 Å². The zero-order valence-corrected chi connectivity index (χ0v) is 18.4. The molecule has 0 radical (unpaired) electrons. The molecule has 3 aromatic carbocycles. The van der Waals surface area contributed by atoms with Gasteiger partial charge in [0.15, 0.2) is 0 Å². The van der Waals surface area contributed by atoms with E-state index < -0.39 is 5.56 Å². The maximum absolute atomic E-state index is 13.2. The Kier molecular flexibility index (Phi) is 5.89. The number of nitrogens with zero attached hydrogens (tertiary/aromatic N) is 4. The summed E-state index contributed by atoms with van der Waals surface area (Å²) in [5.74, 6) is -0.129. The standard InChI is InChI=1S/C27H19FN6O/c28-22-10-7-18(8-11-22)17-34-13-12-20-9-6-19(14-24(20)34)16-30-33-27-31-25(21-4-2-1-3-5-21)23(15-29)26(35)32-27/h1-14,16H,17H2,(H2,31,32,33,35). The normalized spacial score (nSPS) is 11.1. The minimum atomic E-state index is -0.543. The van der Waals surface area contributed by atoms with E-state index in [1.807, 2.05) is 54.7 Å². The fourth-order valence-corrected chi connectivity index (χ4v) is 3.81. The predicted molar refractivity (Wildman–Crippen MR) is 134 cm³/mol. The van der Waals surface area contributed by atoms with Crippen molar-refractivity contribution in [2.45, 2.75) is 6.54 Å². The molecule has 0 bridgehead atoms. The van der Waals surface area contributed by atoms with Crippen LogP contribution in [0.3, 0.4) is 0 Å². The number of nitriles is 1. The van der Waals surface area contributed by atoms with Crippen LogP contribution in [0.2, 0.25) is 0 Å². The summed E-state index contributed by atoms with van der Waals surface area (Å²) in [6.45, 7) is 0.612. The predicted octanol–water partition coefficient (Wildman–Crippen LogP) is 4.90. The number of aromatic amines is 1. The summed E-state index contributed by atoms with van der Waals surface area (Å²) in [4.78, 5) is 19.3. The third-order valence-electron chi connectivity index (χ3n) is 5.53. The summed E-state index contributed by atoms with van der Waals surface area (Å²) in [5.41, 5.74) is 5.94. The van der Waals surface area contributed by atoms with Gasteiger partial charge in [-0.15, -0.1) is 0 Å². The Morgan fingerprint density at radius 2 is 1.89 bits per heavy atom. The first-order valence-corrected chi connectivity index (χ1v) is 10.8. The van der Waals surface area contributed by atoms with Crippen LogP contribution in [0, 0.1) is 17.1 Å². The van der Waals surface area contributed by atoms with Gasteiger partial charge in [-0.25, -0.2) is 14.8 Å². The van der Waals surface area contributed by atoms with Gasteiger partial charge in [0.2, 0.25) is 5.95 Å². The molecule has 2 aromatic heterocycles. The van der Waals surface area contributed by atoms with Crippen molar-refractivity contribution in [1.82, 2.24) is 14.5 Å². The first-order valence-electron chi connectivity index (χ1n) is 10.8. The maximum Gasteiger partial charge on any atom is 0.270 e. The molecular formula is C27H19FN6O. The van der Waals surface area contributed by atoms with E-state index in [2.05, 4.69) is 25.1 Å². The van der Waals surface area contributed by atoms with Gasteiger partial charge in [0.05, 0.1) is 11.9 Å². The molecular weight excluding hydrogens is 443 g/mol. The van der Waals surface area contributed by atoms with Gasteiger partial charge in [-0.3, -0.25) is 9.78 Å². The minimum Gasteiger partial charge on any atom is -0.343 e. The van der Waals surface area contributed by atoms with Crippen LogP contribution in [0.5, 0.6) is 0 Å². The third-order valence-corrected chi connectivity index (χ3v) is 5.53. The lowest BCUT2D eigenvalue weighted by atomic mass is 10.1. The molecule has 2 heterocycles. The molecule has 0 aliphatic heterocycles. The van der Waals surface area contributed by atoms with Crippen LogP contribution in [-0.4, -0.2) is 20.7 Å². The Bertz CT molecular complexity index is 1630. The lowest BCUT2D eigenvalue weighted by Gasteiger charge is -2.07. The molecule has 5 aromatic rings. The molecule has 0 amide bonds. The number of rotatable bonds is 6. The van der Waals surface area contributed by atoms with Gasteiger partial charge in [0.1, 0.15) is 17.4 Å². The second-order valence-electron chi connectivity index (χ2n) is 7.87. The molecule has 0 atom stereocenters. The summed E-state index contributed by atoms with van der Waals surface area (Å²) in [7, 11) is 0. The second kappa shape index (κ2) is 9.45. The van der Waals surface area contributed by atoms with Crippen LogP contribution in [0.1, 0.15) is 16.7 Å². The molecule has 170 valence electrons. The topological polar surface area (TPSA) is 98.9 Å². The van der Waals surface area contributed by atoms with Gasteiger partial charge in [0, 0.05) is 23.8 Å². The van der Waals surface area contributed by atoms with Crippen LogP contribution in [0.25, 0.3) is 22.2 Å². The van der Waals surface area contributed by atoms with Gasteiger partial charge in [-0.05, 0) is 40.8 Å². The van der Waals surface area contributed by atoms with Crippen LogP contribution in [0.4, 0.5) is 10.3 Å². The van der Waals surface area contributed by atoms with Gasteiger partial charge >= 0.3 is 0 Å². The number of anilines is 1. The first kappa shape index (κ1) is 21.8. The van der Waals surface area contributed by atoms with E-state index in [1.165, 1.54) is 12.1 Å². The highest BCUT2D eigenvalue weighted by Gasteiger charge is 2.12. The monoisotopic (exact) mass is 462 g/mol. The highest BCUT2D eigenvalue weighted by Crippen LogP contribution is 2.20. The van der Waals surface area contributed by atoms with Crippen molar-refractivity contribution in [2.24, 2.45) is 5.10 Å². The number of hydrogen-bond donors (Lipinski definition) is 2. The summed E-state index contributed by atoms with van der Waals surface area (Å²) in [6.07, 6.45) is 3.61. The quantitative estimate of drug-likeness (QED) is 0.277. The molecule has 0 saturated carbocycles. The van der Waals surface area contributed by atoms with Crippen molar-refractivity contribution >= 4 is 23.1 Å². The molecule has 8 heteroatoms. The Hall–Kier alpha value is -5.03. The molecule has 0 fully saturated rings. The first-order chi connectivity index (χ1) is 17.1. The van der Waals surface area contributed by atoms with E-state index in [4.69, 9.17) is 0 Å². The third kappa shape index (κ3) is 4.70.